The zero-order valence-corrected chi connectivity index (χ0v) is 11.9. The molecule has 19 heavy (non-hydrogen) atoms. The molecule has 7 nitrogen and oxygen atoms in total. The molecule has 5 atom stereocenters. The van der Waals surface area contributed by atoms with Gasteiger partial charge in [0, 0.05) is 13.0 Å². The number of hydrogen-bond acceptors (Lipinski definition) is 6. The fraction of sp³-hybridized carbons (Fsp3) is 1.00. The molecule has 0 heterocycles. The van der Waals surface area contributed by atoms with E-state index in [9.17, 15) is 18.6 Å². The molecular weight excluding hydrogens is 276 g/mol. The topological polar surface area (TPSA) is 113 Å². The van der Waals surface area contributed by atoms with E-state index in [0.29, 0.717) is 6.42 Å². The molecule has 0 aromatic rings. The quantitative estimate of drug-likeness (QED) is 0.438. The molecule has 0 radical (unpaired) electrons. The van der Waals surface area contributed by atoms with E-state index in [4.69, 9.17) is 14.0 Å². The van der Waals surface area contributed by atoms with Crippen molar-refractivity contribution >= 4 is 10.1 Å². The van der Waals surface area contributed by atoms with Crippen LogP contribution in [0.4, 0.5) is 0 Å². The van der Waals surface area contributed by atoms with Crippen molar-refractivity contribution in [1.29, 1.82) is 0 Å². The van der Waals surface area contributed by atoms with Crippen LogP contribution < -0.4 is 0 Å². The minimum Gasteiger partial charge on any atom is -0.390 e. The standard InChI is InChI=1S/C11H22O7S/c1-7-5-8(6-18-3-4-19(14,15)16)11(17-2)10(13)9(7)12/h7-13H,3-6H2,1-2H3,(H,14,15,16)/t7-,8?,9?,10-,11+/m0/s1. The van der Waals surface area contributed by atoms with E-state index in [1.165, 1.54) is 7.11 Å². The fourth-order valence-corrected chi connectivity index (χ4v) is 2.78. The Labute approximate surface area is 113 Å². The van der Waals surface area contributed by atoms with Crippen LogP contribution in [0.5, 0.6) is 0 Å². The van der Waals surface area contributed by atoms with Gasteiger partial charge in [0.05, 0.1) is 31.2 Å². The molecule has 1 aliphatic rings. The maximum Gasteiger partial charge on any atom is 0.267 e. The van der Waals surface area contributed by atoms with Crippen LogP contribution in [0.1, 0.15) is 13.3 Å². The molecule has 0 saturated heterocycles. The largest absolute Gasteiger partial charge is 0.390 e. The Balaban J connectivity index is 2.47. The number of aliphatic hydroxyl groups is 2. The second-order valence-electron chi connectivity index (χ2n) is 5.02. The lowest BCUT2D eigenvalue weighted by atomic mass is 9.77. The number of rotatable bonds is 6. The van der Waals surface area contributed by atoms with Crippen molar-refractivity contribution in [1.82, 2.24) is 0 Å². The Kier molecular flexibility index (Phi) is 6.15. The Morgan fingerprint density at radius 3 is 2.42 bits per heavy atom. The van der Waals surface area contributed by atoms with Crippen molar-refractivity contribution in [3.05, 3.63) is 0 Å². The van der Waals surface area contributed by atoms with E-state index in [2.05, 4.69) is 0 Å². The third-order valence-electron chi connectivity index (χ3n) is 3.50. The first-order valence-corrected chi connectivity index (χ1v) is 7.79. The summed E-state index contributed by atoms with van der Waals surface area (Å²) in [5.41, 5.74) is 0. The minimum absolute atomic E-state index is 0.0865. The number of aliphatic hydroxyl groups excluding tert-OH is 2. The highest BCUT2D eigenvalue weighted by Crippen LogP contribution is 2.31. The van der Waals surface area contributed by atoms with E-state index in [0.717, 1.165) is 0 Å². The summed E-state index contributed by atoms with van der Waals surface area (Å²) in [4.78, 5) is 0. The molecule has 2 unspecified atom stereocenters. The van der Waals surface area contributed by atoms with Gasteiger partial charge in [0.2, 0.25) is 0 Å². The maximum atomic E-state index is 10.5. The third kappa shape index (κ3) is 4.97. The summed E-state index contributed by atoms with van der Waals surface area (Å²) in [5.74, 6) is -0.672. The Bertz CT molecular complexity index is 369. The van der Waals surface area contributed by atoms with Gasteiger partial charge in [-0.05, 0) is 12.3 Å². The number of hydrogen-bond donors (Lipinski definition) is 3. The molecule has 0 aromatic heterocycles. The highest BCUT2D eigenvalue weighted by molar-refractivity contribution is 7.85. The lowest BCUT2D eigenvalue weighted by Crippen LogP contribution is -2.52. The number of methoxy groups -OCH3 is 1. The average Bonchev–Trinajstić information content (AvgIpc) is 2.31. The second kappa shape index (κ2) is 6.96. The van der Waals surface area contributed by atoms with Crippen molar-refractivity contribution in [2.45, 2.75) is 31.7 Å². The van der Waals surface area contributed by atoms with Crippen LogP contribution in [-0.2, 0) is 19.6 Å². The SMILES string of the molecule is CO[C@@H]1C(COCCS(=O)(=O)O)C[C@H](C)C(O)[C@@H]1O. The van der Waals surface area contributed by atoms with Crippen LogP contribution in [0, 0.1) is 11.8 Å². The zero-order valence-electron chi connectivity index (χ0n) is 11.1. The third-order valence-corrected chi connectivity index (χ3v) is 4.18. The first-order chi connectivity index (χ1) is 8.76. The van der Waals surface area contributed by atoms with Gasteiger partial charge in [-0.15, -0.1) is 0 Å². The monoisotopic (exact) mass is 298 g/mol. The molecule has 0 spiro atoms. The highest BCUT2D eigenvalue weighted by Gasteiger charge is 2.41. The van der Waals surface area contributed by atoms with E-state index in [1.54, 1.807) is 0 Å². The molecule has 1 fully saturated rings. The Morgan fingerprint density at radius 1 is 1.26 bits per heavy atom. The van der Waals surface area contributed by atoms with Crippen molar-refractivity contribution in [2.24, 2.45) is 11.8 Å². The molecule has 0 bridgehead atoms. The van der Waals surface area contributed by atoms with Crippen LogP contribution in [0.25, 0.3) is 0 Å². The zero-order chi connectivity index (χ0) is 14.6. The second-order valence-corrected chi connectivity index (χ2v) is 6.59. The van der Waals surface area contributed by atoms with Crippen LogP contribution in [0.2, 0.25) is 0 Å². The van der Waals surface area contributed by atoms with Gasteiger partial charge in [-0.3, -0.25) is 4.55 Å². The minimum atomic E-state index is -4.02. The first kappa shape index (κ1) is 16.8. The van der Waals surface area contributed by atoms with Gasteiger partial charge in [0.25, 0.3) is 10.1 Å². The summed E-state index contributed by atoms with van der Waals surface area (Å²) in [5, 5.41) is 19.7. The average molecular weight is 298 g/mol. The molecule has 114 valence electrons. The number of ether oxygens (including phenoxy) is 2. The molecule has 1 saturated carbocycles. The van der Waals surface area contributed by atoms with Crippen molar-refractivity contribution in [3.8, 4) is 0 Å². The van der Waals surface area contributed by atoms with Gasteiger partial charge in [-0.2, -0.15) is 8.42 Å². The Hall–Kier alpha value is -0.250. The summed E-state index contributed by atoms with van der Waals surface area (Å²) < 4.78 is 40.0. The van der Waals surface area contributed by atoms with Crippen LogP contribution in [0.15, 0.2) is 0 Å². The summed E-state index contributed by atoms with van der Waals surface area (Å²) in [6.45, 7) is 1.92. The fourth-order valence-electron chi connectivity index (χ4n) is 2.45. The van der Waals surface area contributed by atoms with E-state index in [1.807, 2.05) is 6.92 Å². The van der Waals surface area contributed by atoms with Gasteiger partial charge in [0.15, 0.2) is 0 Å². The van der Waals surface area contributed by atoms with Crippen molar-refractivity contribution in [2.75, 3.05) is 26.1 Å². The molecule has 0 amide bonds. The summed E-state index contributed by atoms with van der Waals surface area (Å²) in [6.07, 6.45) is -1.75. The molecule has 0 aromatic carbocycles. The van der Waals surface area contributed by atoms with Gasteiger partial charge in [0.1, 0.15) is 6.10 Å². The molecule has 8 heteroatoms. The van der Waals surface area contributed by atoms with E-state index in [-0.39, 0.29) is 25.0 Å². The summed E-state index contributed by atoms with van der Waals surface area (Å²) >= 11 is 0. The summed E-state index contributed by atoms with van der Waals surface area (Å²) in [7, 11) is -2.58. The predicted octanol–water partition coefficient (Wildman–Crippen LogP) is -0.716. The maximum absolute atomic E-state index is 10.5. The molecule has 1 rings (SSSR count). The van der Waals surface area contributed by atoms with Gasteiger partial charge < -0.3 is 19.7 Å². The van der Waals surface area contributed by atoms with Gasteiger partial charge in [-0.1, -0.05) is 6.92 Å². The molecule has 0 aliphatic heterocycles. The van der Waals surface area contributed by atoms with Crippen molar-refractivity contribution in [3.63, 3.8) is 0 Å². The lowest BCUT2D eigenvalue weighted by molar-refractivity contribution is -0.154. The van der Waals surface area contributed by atoms with Crippen LogP contribution in [0.3, 0.4) is 0 Å². The molecule has 3 N–H and O–H groups in total. The smallest absolute Gasteiger partial charge is 0.267 e. The lowest BCUT2D eigenvalue weighted by Gasteiger charge is -2.40. The molecular formula is C11H22O7S. The summed E-state index contributed by atoms with van der Waals surface area (Å²) in [6, 6.07) is 0. The predicted molar refractivity (Wildman–Crippen MR) is 67.3 cm³/mol. The van der Waals surface area contributed by atoms with Crippen LogP contribution >= 0.6 is 0 Å². The normalized spacial score (nSPS) is 36.4. The van der Waals surface area contributed by atoms with Gasteiger partial charge in [-0.25, -0.2) is 0 Å². The Morgan fingerprint density at radius 2 is 1.89 bits per heavy atom. The highest BCUT2D eigenvalue weighted by atomic mass is 32.2. The van der Waals surface area contributed by atoms with Crippen molar-refractivity contribution < 1.29 is 32.7 Å². The van der Waals surface area contributed by atoms with Crippen LogP contribution in [-0.4, -0.2) is 67.6 Å². The van der Waals surface area contributed by atoms with E-state index >= 15 is 0 Å². The first-order valence-electron chi connectivity index (χ1n) is 6.18. The molecule has 1 aliphatic carbocycles. The van der Waals surface area contributed by atoms with Gasteiger partial charge >= 0.3 is 0 Å². The van der Waals surface area contributed by atoms with E-state index < -0.39 is 34.2 Å².